The van der Waals surface area contributed by atoms with Crippen LogP contribution in [-0.4, -0.2) is 32.1 Å². The van der Waals surface area contributed by atoms with Crippen LogP contribution >= 0.6 is 0 Å². The summed E-state index contributed by atoms with van der Waals surface area (Å²) in [5.74, 6) is 1.10. The molecule has 0 heterocycles. The number of hydrogen-bond donors (Lipinski definition) is 2. The van der Waals surface area contributed by atoms with Crippen LogP contribution in [0.3, 0.4) is 0 Å². The Labute approximate surface area is 127 Å². The first-order valence-electron chi connectivity index (χ1n) is 7.91. The van der Waals surface area contributed by atoms with Crippen LogP contribution in [0.25, 0.3) is 0 Å². The normalized spacial score (nSPS) is 15.1. The Kier molecular flexibility index (Phi) is 6.54. The fraction of sp³-hybridized carbons (Fsp3) is 0.588. The van der Waals surface area contributed by atoms with Crippen LogP contribution in [0.15, 0.2) is 24.3 Å². The van der Waals surface area contributed by atoms with Gasteiger partial charge < -0.3 is 15.4 Å². The minimum absolute atomic E-state index is 0.173. The van der Waals surface area contributed by atoms with E-state index in [4.69, 9.17) is 4.74 Å². The Morgan fingerprint density at radius 1 is 1.24 bits per heavy atom. The molecule has 21 heavy (non-hydrogen) atoms. The molecule has 2 N–H and O–H groups in total. The number of carbonyl (C=O) groups is 1. The fourth-order valence-corrected chi connectivity index (χ4v) is 2.83. The molecular formula is C17H26N2O2. The summed E-state index contributed by atoms with van der Waals surface area (Å²) in [7, 11) is 1.69. The topological polar surface area (TPSA) is 50.4 Å². The van der Waals surface area contributed by atoms with Crippen LogP contribution in [0.5, 0.6) is 5.75 Å². The van der Waals surface area contributed by atoms with Crippen molar-refractivity contribution in [2.45, 2.75) is 44.6 Å². The highest BCUT2D eigenvalue weighted by Gasteiger charge is 2.16. The number of nitrogens with one attached hydrogen (secondary N) is 2. The van der Waals surface area contributed by atoms with Crippen molar-refractivity contribution in [3.05, 3.63) is 29.8 Å². The highest BCUT2D eigenvalue weighted by Crippen LogP contribution is 2.18. The summed E-state index contributed by atoms with van der Waals surface area (Å²) >= 11 is 0. The number of para-hydroxylation sites is 1. The summed E-state index contributed by atoms with van der Waals surface area (Å²) in [6.45, 7) is 1.59. The van der Waals surface area contributed by atoms with E-state index in [-0.39, 0.29) is 5.91 Å². The van der Waals surface area contributed by atoms with Gasteiger partial charge in [-0.15, -0.1) is 0 Å². The molecule has 1 aliphatic rings. The van der Waals surface area contributed by atoms with Gasteiger partial charge in [0, 0.05) is 19.0 Å². The van der Waals surface area contributed by atoms with Crippen molar-refractivity contribution in [1.82, 2.24) is 10.6 Å². The Morgan fingerprint density at radius 2 is 2.00 bits per heavy atom. The maximum absolute atomic E-state index is 11.8. The SMILES string of the molecule is COc1ccccc1CCNCCC(=O)NC1CCCC1. The van der Waals surface area contributed by atoms with Crippen molar-refractivity contribution in [3.63, 3.8) is 0 Å². The summed E-state index contributed by atoms with van der Waals surface area (Å²) in [5, 5.41) is 6.43. The van der Waals surface area contributed by atoms with Gasteiger partial charge in [0.25, 0.3) is 0 Å². The van der Waals surface area contributed by atoms with Crippen LogP contribution in [-0.2, 0) is 11.2 Å². The van der Waals surface area contributed by atoms with Gasteiger partial charge in [-0.3, -0.25) is 4.79 Å². The van der Waals surface area contributed by atoms with Crippen molar-refractivity contribution in [2.75, 3.05) is 20.2 Å². The van der Waals surface area contributed by atoms with Crippen molar-refractivity contribution >= 4 is 5.91 Å². The third kappa shape index (κ3) is 5.38. The van der Waals surface area contributed by atoms with E-state index in [0.717, 1.165) is 38.1 Å². The maximum atomic E-state index is 11.8. The van der Waals surface area contributed by atoms with Gasteiger partial charge in [0.1, 0.15) is 5.75 Å². The van der Waals surface area contributed by atoms with Gasteiger partial charge in [0.15, 0.2) is 0 Å². The average Bonchev–Trinajstić information content (AvgIpc) is 3.00. The van der Waals surface area contributed by atoms with E-state index >= 15 is 0 Å². The molecule has 0 aliphatic heterocycles. The van der Waals surface area contributed by atoms with Crippen LogP contribution in [0, 0.1) is 0 Å². The number of rotatable bonds is 8. The van der Waals surface area contributed by atoms with Crippen LogP contribution in [0.4, 0.5) is 0 Å². The number of methoxy groups -OCH3 is 1. The molecule has 1 aliphatic carbocycles. The predicted molar refractivity (Wildman–Crippen MR) is 84.6 cm³/mol. The molecule has 0 aromatic heterocycles. The molecule has 1 fully saturated rings. The predicted octanol–water partition coefficient (Wildman–Crippen LogP) is 2.28. The summed E-state index contributed by atoms with van der Waals surface area (Å²) in [4.78, 5) is 11.8. The molecule has 116 valence electrons. The minimum atomic E-state index is 0.173. The molecule has 1 amide bonds. The lowest BCUT2D eigenvalue weighted by molar-refractivity contribution is -0.121. The molecule has 0 saturated heterocycles. The smallest absolute Gasteiger partial charge is 0.221 e. The Hall–Kier alpha value is -1.55. The largest absolute Gasteiger partial charge is 0.496 e. The van der Waals surface area contributed by atoms with Crippen LogP contribution in [0.2, 0.25) is 0 Å². The summed E-state index contributed by atoms with van der Waals surface area (Å²) < 4.78 is 5.32. The number of amides is 1. The molecule has 1 saturated carbocycles. The van der Waals surface area contributed by atoms with Gasteiger partial charge in [0.2, 0.25) is 5.91 Å². The van der Waals surface area contributed by atoms with Crippen molar-refractivity contribution in [1.29, 1.82) is 0 Å². The molecular weight excluding hydrogens is 264 g/mol. The van der Waals surface area contributed by atoms with E-state index in [0.29, 0.717) is 12.5 Å². The molecule has 0 radical (unpaired) electrons. The third-order valence-corrected chi connectivity index (χ3v) is 4.01. The second-order valence-corrected chi connectivity index (χ2v) is 5.61. The van der Waals surface area contributed by atoms with E-state index in [9.17, 15) is 4.79 Å². The minimum Gasteiger partial charge on any atom is -0.496 e. The van der Waals surface area contributed by atoms with Gasteiger partial charge >= 0.3 is 0 Å². The number of hydrogen-bond acceptors (Lipinski definition) is 3. The number of carbonyl (C=O) groups excluding carboxylic acids is 1. The van der Waals surface area contributed by atoms with Gasteiger partial charge in [0.05, 0.1) is 7.11 Å². The van der Waals surface area contributed by atoms with E-state index in [2.05, 4.69) is 16.7 Å². The molecule has 1 aromatic rings. The number of ether oxygens (including phenoxy) is 1. The Morgan fingerprint density at radius 3 is 2.76 bits per heavy atom. The standard InChI is InChI=1S/C17H26N2O2/c1-21-16-9-5-2-6-14(16)10-12-18-13-11-17(20)19-15-7-3-4-8-15/h2,5-6,9,15,18H,3-4,7-8,10-13H2,1H3,(H,19,20). The maximum Gasteiger partial charge on any atom is 0.221 e. The zero-order chi connectivity index (χ0) is 14.9. The average molecular weight is 290 g/mol. The highest BCUT2D eigenvalue weighted by molar-refractivity contribution is 5.76. The first kappa shape index (κ1) is 15.8. The van der Waals surface area contributed by atoms with Gasteiger partial charge in [-0.05, 0) is 37.4 Å². The molecule has 0 bridgehead atoms. The first-order chi connectivity index (χ1) is 10.3. The van der Waals surface area contributed by atoms with Gasteiger partial charge in [-0.2, -0.15) is 0 Å². The quantitative estimate of drug-likeness (QED) is 0.722. The summed E-state index contributed by atoms with van der Waals surface area (Å²) in [6.07, 6.45) is 6.26. The van der Waals surface area contributed by atoms with Gasteiger partial charge in [-0.1, -0.05) is 31.0 Å². The van der Waals surface area contributed by atoms with Crippen molar-refractivity contribution < 1.29 is 9.53 Å². The zero-order valence-corrected chi connectivity index (χ0v) is 12.9. The number of benzene rings is 1. The lowest BCUT2D eigenvalue weighted by Gasteiger charge is -2.12. The molecule has 2 rings (SSSR count). The highest BCUT2D eigenvalue weighted by atomic mass is 16.5. The van der Waals surface area contributed by atoms with E-state index in [1.54, 1.807) is 7.11 Å². The van der Waals surface area contributed by atoms with Crippen LogP contribution in [0.1, 0.15) is 37.7 Å². The molecule has 0 atom stereocenters. The summed E-state index contributed by atoms with van der Waals surface area (Å²) in [5.41, 5.74) is 1.20. The third-order valence-electron chi connectivity index (χ3n) is 4.01. The first-order valence-corrected chi connectivity index (χ1v) is 7.91. The second kappa shape index (κ2) is 8.67. The molecule has 4 heteroatoms. The van der Waals surface area contributed by atoms with Crippen LogP contribution < -0.4 is 15.4 Å². The lowest BCUT2D eigenvalue weighted by atomic mass is 10.1. The van der Waals surface area contributed by atoms with Crippen molar-refractivity contribution in [3.8, 4) is 5.75 Å². The van der Waals surface area contributed by atoms with Gasteiger partial charge in [-0.25, -0.2) is 0 Å². The molecule has 4 nitrogen and oxygen atoms in total. The Bertz CT molecular complexity index is 442. The van der Waals surface area contributed by atoms with Crippen molar-refractivity contribution in [2.24, 2.45) is 0 Å². The fourth-order valence-electron chi connectivity index (χ4n) is 2.83. The lowest BCUT2D eigenvalue weighted by Crippen LogP contribution is -2.34. The van der Waals surface area contributed by atoms with E-state index < -0.39 is 0 Å². The summed E-state index contributed by atoms with van der Waals surface area (Å²) in [6, 6.07) is 8.47. The second-order valence-electron chi connectivity index (χ2n) is 5.61. The monoisotopic (exact) mass is 290 g/mol. The zero-order valence-electron chi connectivity index (χ0n) is 12.9. The van der Waals surface area contributed by atoms with E-state index in [1.807, 2.05) is 18.2 Å². The molecule has 0 spiro atoms. The molecule has 0 unspecified atom stereocenters. The van der Waals surface area contributed by atoms with E-state index in [1.165, 1.54) is 18.4 Å². The Balaban J connectivity index is 1.58. The molecule has 1 aromatic carbocycles.